The van der Waals surface area contributed by atoms with Crippen LogP contribution in [0.3, 0.4) is 0 Å². The van der Waals surface area contributed by atoms with E-state index in [1.807, 2.05) is 6.92 Å². The predicted molar refractivity (Wildman–Crippen MR) is 84.3 cm³/mol. The van der Waals surface area contributed by atoms with Crippen molar-refractivity contribution in [2.24, 2.45) is 0 Å². The van der Waals surface area contributed by atoms with E-state index in [1.165, 1.54) is 17.5 Å². The molecule has 0 saturated carbocycles. The van der Waals surface area contributed by atoms with Crippen LogP contribution in [0.2, 0.25) is 0 Å². The van der Waals surface area contributed by atoms with Crippen molar-refractivity contribution in [1.82, 2.24) is 19.6 Å². The summed E-state index contributed by atoms with van der Waals surface area (Å²) in [6, 6.07) is -0.351. The Bertz CT molecular complexity index is 678. The largest absolute Gasteiger partial charge is 0.343 e. The number of piperidine rings is 1. The van der Waals surface area contributed by atoms with Gasteiger partial charge < -0.3 is 10.3 Å². The molecule has 0 bridgehead atoms. The molecular weight excluding hydrogens is 304 g/mol. The van der Waals surface area contributed by atoms with Crippen LogP contribution in [0.25, 0.3) is 6.08 Å². The Kier molecular flexibility index (Phi) is 5.02. The molecule has 1 unspecified atom stereocenters. The first kappa shape index (κ1) is 16.7. The topological polar surface area (TPSA) is 95.2 Å². The molecular formula is C14H22N4O3S. The van der Waals surface area contributed by atoms with Gasteiger partial charge in [0.15, 0.2) is 0 Å². The fraction of sp³-hybridized carbons (Fsp3) is 0.571. The van der Waals surface area contributed by atoms with Gasteiger partial charge in [0.25, 0.3) is 0 Å². The van der Waals surface area contributed by atoms with Crippen molar-refractivity contribution >= 4 is 22.0 Å². The SMILES string of the molecule is CC(=O)N/C(=C\c1cnc(C)[nH]1)C1CCCCN1S(C)(=O)=O. The van der Waals surface area contributed by atoms with Crippen LogP contribution in [0.15, 0.2) is 11.9 Å². The third kappa shape index (κ3) is 4.17. The lowest BCUT2D eigenvalue weighted by Crippen LogP contribution is -2.47. The fourth-order valence-electron chi connectivity index (χ4n) is 2.71. The summed E-state index contributed by atoms with van der Waals surface area (Å²) in [5.41, 5.74) is 1.32. The lowest BCUT2D eigenvalue weighted by atomic mass is 10.0. The number of nitrogens with one attached hydrogen (secondary N) is 2. The minimum atomic E-state index is -3.33. The van der Waals surface area contributed by atoms with E-state index in [0.29, 0.717) is 18.7 Å². The summed E-state index contributed by atoms with van der Waals surface area (Å²) in [7, 11) is -3.33. The van der Waals surface area contributed by atoms with E-state index in [0.717, 1.165) is 24.4 Å². The van der Waals surface area contributed by atoms with E-state index in [4.69, 9.17) is 0 Å². The summed E-state index contributed by atoms with van der Waals surface area (Å²) in [5.74, 6) is 0.540. The molecule has 1 aromatic rings. The average molecular weight is 326 g/mol. The maximum atomic E-state index is 12.0. The van der Waals surface area contributed by atoms with Gasteiger partial charge in [0.1, 0.15) is 5.82 Å². The number of rotatable bonds is 4. The molecule has 1 amide bonds. The van der Waals surface area contributed by atoms with E-state index in [9.17, 15) is 13.2 Å². The molecule has 22 heavy (non-hydrogen) atoms. The summed E-state index contributed by atoms with van der Waals surface area (Å²) in [6.45, 7) is 3.72. The summed E-state index contributed by atoms with van der Waals surface area (Å²) in [4.78, 5) is 18.7. The Morgan fingerprint density at radius 1 is 1.50 bits per heavy atom. The number of aromatic amines is 1. The lowest BCUT2D eigenvalue weighted by molar-refractivity contribution is -0.118. The number of nitrogens with zero attached hydrogens (tertiary/aromatic N) is 2. The second-order valence-corrected chi connectivity index (χ2v) is 7.53. The zero-order valence-electron chi connectivity index (χ0n) is 13.1. The van der Waals surface area contributed by atoms with Crippen LogP contribution >= 0.6 is 0 Å². The van der Waals surface area contributed by atoms with Crippen LogP contribution < -0.4 is 5.32 Å². The number of carbonyl (C=O) groups excluding carboxylic acids is 1. The molecule has 1 aliphatic heterocycles. The first-order valence-corrected chi connectivity index (χ1v) is 9.10. The minimum Gasteiger partial charge on any atom is -0.343 e. The number of aromatic nitrogens is 2. The number of amides is 1. The number of imidazole rings is 1. The van der Waals surface area contributed by atoms with Gasteiger partial charge in [-0.3, -0.25) is 4.79 Å². The number of hydrogen-bond acceptors (Lipinski definition) is 4. The Labute approximate surface area is 130 Å². The van der Waals surface area contributed by atoms with Gasteiger partial charge in [-0.2, -0.15) is 4.31 Å². The zero-order valence-corrected chi connectivity index (χ0v) is 13.9. The normalized spacial score (nSPS) is 20.9. The Morgan fingerprint density at radius 3 is 2.77 bits per heavy atom. The second kappa shape index (κ2) is 6.62. The summed E-state index contributed by atoms with van der Waals surface area (Å²) >= 11 is 0. The highest BCUT2D eigenvalue weighted by Gasteiger charge is 2.32. The van der Waals surface area contributed by atoms with Gasteiger partial charge in [0, 0.05) is 19.2 Å². The van der Waals surface area contributed by atoms with Gasteiger partial charge >= 0.3 is 0 Å². The van der Waals surface area contributed by atoms with Crippen LogP contribution in [0.5, 0.6) is 0 Å². The molecule has 7 nitrogen and oxygen atoms in total. The molecule has 2 heterocycles. The van der Waals surface area contributed by atoms with Crippen molar-refractivity contribution in [3.63, 3.8) is 0 Å². The van der Waals surface area contributed by atoms with Crippen molar-refractivity contribution in [2.75, 3.05) is 12.8 Å². The molecule has 2 N–H and O–H groups in total. The summed E-state index contributed by atoms with van der Waals surface area (Å²) < 4.78 is 25.5. The maximum Gasteiger partial charge on any atom is 0.221 e. The molecule has 1 atom stereocenters. The molecule has 2 rings (SSSR count). The average Bonchev–Trinajstić information content (AvgIpc) is 2.82. The molecule has 1 aliphatic rings. The fourth-order valence-corrected chi connectivity index (χ4v) is 3.85. The molecule has 0 radical (unpaired) electrons. The van der Waals surface area contributed by atoms with Crippen molar-refractivity contribution in [2.45, 2.75) is 39.2 Å². The number of sulfonamides is 1. The predicted octanol–water partition coefficient (Wildman–Crippen LogP) is 1.01. The van der Waals surface area contributed by atoms with E-state index >= 15 is 0 Å². The number of aryl methyl sites for hydroxylation is 1. The third-order valence-electron chi connectivity index (χ3n) is 3.59. The second-order valence-electron chi connectivity index (χ2n) is 5.59. The molecule has 0 aromatic carbocycles. The van der Waals surface area contributed by atoms with Crippen LogP contribution in [-0.2, 0) is 14.8 Å². The highest BCUT2D eigenvalue weighted by atomic mass is 32.2. The number of H-pyrrole nitrogens is 1. The van der Waals surface area contributed by atoms with Crippen LogP contribution in [0.1, 0.15) is 37.7 Å². The van der Waals surface area contributed by atoms with E-state index in [-0.39, 0.29) is 11.9 Å². The van der Waals surface area contributed by atoms with Gasteiger partial charge in [0.2, 0.25) is 15.9 Å². The lowest BCUT2D eigenvalue weighted by Gasteiger charge is -2.35. The Morgan fingerprint density at radius 2 is 2.23 bits per heavy atom. The number of hydrogen-bond donors (Lipinski definition) is 2. The quantitative estimate of drug-likeness (QED) is 0.863. The molecule has 122 valence electrons. The van der Waals surface area contributed by atoms with Gasteiger partial charge in [-0.15, -0.1) is 0 Å². The van der Waals surface area contributed by atoms with Crippen molar-refractivity contribution in [3.05, 3.63) is 23.4 Å². The van der Waals surface area contributed by atoms with Crippen molar-refractivity contribution in [1.29, 1.82) is 0 Å². The van der Waals surface area contributed by atoms with Crippen LogP contribution in [0.4, 0.5) is 0 Å². The zero-order chi connectivity index (χ0) is 16.3. The Hall–Kier alpha value is -1.67. The highest BCUT2D eigenvalue weighted by Crippen LogP contribution is 2.25. The highest BCUT2D eigenvalue weighted by molar-refractivity contribution is 7.88. The van der Waals surface area contributed by atoms with Crippen molar-refractivity contribution < 1.29 is 13.2 Å². The molecule has 8 heteroatoms. The van der Waals surface area contributed by atoms with Crippen LogP contribution in [0, 0.1) is 6.92 Å². The summed E-state index contributed by atoms with van der Waals surface area (Å²) in [6.07, 6.45) is 7.07. The molecule has 0 aliphatic carbocycles. The Balaban J connectivity index is 2.38. The first-order chi connectivity index (χ1) is 10.3. The smallest absolute Gasteiger partial charge is 0.221 e. The minimum absolute atomic E-state index is 0.221. The van der Waals surface area contributed by atoms with Gasteiger partial charge in [-0.1, -0.05) is 6.42 Å². The van der Waals surface area contributed by atoms with Crippen LogP contribution in [-0.4, -0.2) is 47.4 Å². The molecule has 1 fully saturated rings. The van der Waals surface area contributed by atoms with Gasteiger partial charge in [0.05, 0.1) is 24.2 Å². The van der Waals surface area contributed by atoms with E-state index in [2.05, 4.69) is 15.3 Å². The first-order valence-electron chi connectivity index (χ1n) is 7.25. The standard InChI is InChI=1S/C14H22N4O3S/c1-10-15-9-12(16-10)8-13(17-11(2)19)14-6-4-5-7-18(14)22(3,20)21/h8-9,14H,4-7H2,1-3H3,(H,15,16)(H,17,19)/b13-8-. The van der Waals surface area contributed by atoms with Crippen molar-refractivity contribution in [3.8, 4) is 0 Å². The number of carbonyl (C=O) groups is 1. The van der Waals surface area contributed by atoms with Gasteiger partial charge in [-0.05, 0) is 25.8 Å². The summed E-state index contributed by atoms with van der Waals surface area (Å²) in [5, 5.41) is 2.78. The third-order valence-corrected chi connectivity index (χ3v) is 4.88. The maximum absolute atomic E-state index is 12.0. The molecule has 1 aromatic heterocycles. The molecule has 0 spiro atoms. The molecule has 1 saturated heterocycles. The monoisotopic (exact) mass is 326 g/mol. The van der Waals surface area contributed by atoms with E-state index in [1.54, 1.807) is 12.3 Å². The van der Waals surface area contributed by atoms with Gasteiger partial charge in [-0.25, -0.2) is 13.4 Å². The van der Waals surface area contributed by atoms with E-state index < -0.39 is 10.0 Å².